The van der Waals surface area contributed by atoms with Crippen LogP contribution in [0, 0.1) is 5.92 Å². The van der Waals surface area contributed by atoms with Crippen LogP contribution in [0.3, 0.4) is 0 Å². The molecule has 1 saturated heterocycles. The lowest BCUT2D eigenvalue weighted by atomic mass is 10.0. The molecule has 0 radical (unpaired) electrons. The van der Waals surface area contributed by atoms with Crippen molar-refractivity contribution in [3.63, 3.8) is 0 Å². The molecule has 1 unspecified atom stereocenters. The monoisotopic (exact) mass is 217 g/mol. The van der Waals surface area contributed by atoms with Gasteiger partial charge in [-0.2, -0.15) is 0 Å². The van der Waals surface area contributed by atoms with Crippen molar-refractivity contribution in [1.29, 1.82) is 0 Å². The van der Waals surface area contributed by atoms with Crippen molar-refractivity contribution in [2.45, 2.75) is 12.8 Å². The van der Waals surface area contributed by atoms with Gasteiger partial charge < -0.3 is 10.6 Å². The van der Waals surface area contributed by atoms with Crippen LogP contribution in [0.1, 0.15) is 12.8 Å². The molecule has 1 atom stereocenters. The minimum Gasteiger partial charge on any atom is -0.386 e. The number of hydrogen-bond donors (Lipinski definition) is 2. The number of piperidine rings is 1. The van der Waals surface area contributed by atoms with E-state index in [1.54, 1.807) is 0 Å². The van der Waals surface area contributed by atoms with Crippen molar-refractivity contribution in [3.8, 4) is 0 Å². The van der Waals surface area contributed by atoms with E-state index >= 15 is 0 Å². The minimum absolute atomic E-state index is 0.582. The van der Waals surface area contributed by atoms with Crippen molar-refractivity contribution in [2.75, 3.05) is 25.5 Å². The molecule has 0 amide bonds. The molecule has 2 N–H and O–H groups in total. The van der Waals surface area contributed by atoms with Gasteiger partial charge in [0, 0.05) is 25.7 Å². The molecule has 1 heterocycles. The molecule has 0 aromatic heterocycles. The first-order valence-electron chi connectivity index (χ1n) is 5.92. The van der Waals surface area contributed by atoms with E-state index < -0.39 is 0 Å². The molecule has 0 bridgehead atoms. The lowest BCUT2D eigenvalue weighted by molar-refractivity contribution is 0.463. The van der Waals surface area contributed by atoms with Gasteiger partial charge in [-0.05, 0) is 31.5 Å². The Labute approximate surface area is 97.0 Å². The number of aliphatic imine (C=N–C) groups is 1. The fourth-order valence-corrected chi connectivity index (χ4v) is 1.99. The van der Waals surface area contributed by atoms with Crippen LogP contribution >= 0.6 is 0 Å². The Bertz CT molecular complexity index is 354. The number of benzene rings is 1. The van der Waals surface area contributed by atoms with Gasteiger partial charge in [0.15, 0.2) is 0 Å². The summed E-state index contributed by atoms with van der Waals surface area (Å²) < 4.78 is 0. The van der Waals surface area contributed by atoms with Gasteiger partial charge in [-0.1, -0.05) is 12.1 Å². The Morgan fingerprint density at radius 1 is 1.44 bits per heavy atom. The third-order valence-electron chi connectivity index (χ3n) is 2.93. The standard InChI is InChI=1S/C13H19N3/c1-14-12-6-2-3-7-13(12)16-10-11-5-4-8-15-9-11/h2-3,6-7,10-11,14-15H,4-5,8-9H2,1H3. The summed E-state index contributed by atoms with van der Waals surface area (Å²) in [5.41, 5.74) is 2.11. The molecule has 3 heteroatoms. The van der Waals surface area contributed by atoms with E-state index in [0.29, 0.717) is 5.92 Å². The summed E-state index contributed by atoms with van der Waals surface area (Å²) in [5.74, 6) is 0.582. The molecule has 0 spiro atoms. The summed E-state index contributed by atoms with van der Waals surface area (Å²) in [6.45, 7) is 2.21. The molecule has 1 aromatic carbocycles. The second-order valence-electron chi connectivity index (χ2n) is 4.15. The summed E-state index contributed by atoms with van der Waals surface area (Å²) in [6, 6.07) is 8.13. The van der Waals surface area contributed by atoms with Crippen LogP contribution in [0.15, 0.2) is 29.3 Å². The minimum atomic E-state index is 0.582. The topological polar surface area (TPSA) is 36.4 Å². The molecule has 16 heavy (non-hydrogen) atoms. The molecule has 1 fully saturated rings. The Morgan fingerprint density at radius 2 is 2.31 bits per heavy atom. The second kappa shape index (κ2) is 5.66. The van der Waals surface area contributed by atoms with Crippen molar-refractivity contribution < 1.29 is 0 Å². The van der Waals surface area contributed by atoms with Gasteiger partial charge in [-0.25, -0.2) is 0 Å². The van der Waals surface area contributed by atoms with Crippen LogP contribution in [0.5, 0.6) is 0 Å². The van der Waals surface area contributed by atoms with Crippen LogP contribution in [0.25, 0.3) is 0 Å². The lowest BCUT2D eigenvalue weighted by Crippen LogP contribution is -2.30. The van der Waals surface area contributed by atoms with Crippen molar-refractivity contribution >= 4 is 17.6 Å². The first-order chi connectivity index (χ1) is 7.90. The molecule has 86 valence electrons. The largest absolute Gasteiger partial charge is 0.386 e. The van der Waals surface area contributed by atoms with Gasteiger partial charge >= 0.3 is 0 Å². The summed E-state index contributed by atoms with van der Waals surface area (Å²) >= 11 is 0. The molecule has 2 rings (SSSR count). The van der Waals surface area contributed by atoms with E-state index in [2.05, 4.69) is 21.8 Å². The summed E-state index contributed by atoms with van der Waals surface area (Å²) in [5, 5.41) is 6.55. The van der Waals surface area contributed by atoms with E-state index in [-0.39, 0.29) is 0 Å². The molecule has 1 aliphatic heterocycles. The lowest BCUT2D eigenvalue weighted by Gasteiger charge is -2.18. The maximum Gasteiger partial charge on any atom is 0.0857 e. The fourth-order valence-electron chi connectivity index (χ4n) is 1.99. The highest BCUT2D eigenvalue weighted by Crippen LogP contribution is 2.23. The predicted octanol–water partition coefficient (Wildman–Crippen LogP) is 2.43. The fraction of sp³-hybridized carbons (Fsp3) is 0.462. The van der Waals surface area contributed by atoms with Gasteiger partial charge in [0.25, 0.3) is 0 Å². The third-order valence-corrected chi connectivity index (χ3v) is 2.93. The average molecular weight is 217 g/mol. The number of nitrogens with zero attached hydrogens (tertiary/aromatic N) is 1. The molecule has 1 aliphatic rings. The van der Waals surface area contributed by atoms with Crippen LogP contribution in [0.4, 0.5) is 11.4 Å². The van der Waals surface area contributed by atoms with E-state index in [0.717, 1.165) is 24.5 Å². The predicted molar refractivity (Wildman–Crippen MR) is 69.7 cm³/mol. The van der Waals surface area contributed by atoms with Crippen LogP contribution in [-0.2, 0) is 0 Å². The maximum atomic E-state index is 4.57. The molecule has 3 nitrogen and oxygen atoms in total. The first kappa shape index (κ1) is 11.1. The summed E-state index contributed by atoms with van der Waals surface area (Å²) in [4.78, 5) is 4.57. The number of hydrogen-bond acceptors (Lipinski definition) is 3. The molecular weight excluding hydrogens is 198 g/mol. The van der Waals surface area contributed by atoms with E-state index in [1.807, 2.05) is 31.3 Å². The van der Waals surface area contributed by atoms with E-state index in [4.69, 9.17) is 0 Å². The zero-order valence-corrected chi connectivity index (χ0v) is 9.74. The molecule has 0 saturated carbocycles. The SMILES string of the molecule is CNc1ccccc1N=CC1CCCNC1. The summed E-state index contributed by atoms with van der Waals surface area (Å²) in [6.07, 6.45) is 4.59. The van der Waals surface area contributed by atoms with Crippen molar-refractivity contribution in [3.05, 3.63) is 24.3 Å². The van der Waals surface area contributed by atoms with Gasteiger partial charge in [0.2, 0.25) is 0 Å². The normalized spacial score (nSPS) is 21.2. The average Bonchev–Trinajstić information content (AvgIpc) is 2.38. The zero-order valence-electron chi connectivity index (χ0n) is 9.74. The number of para-hydroxylation sites is 2. The number of nitrogens with one attached hydrogen (secondary N) is 2. The Kier molecular flexibility index (Phi) is 3.94. The van der Waals surface area contributed by atoms with Crippen LogP contribution in [-0.4, -0.2) is 26.4 Å². The first-order valence-corrected chi connectivity index (χ1v) is 5.92. The second-order valence-corrected chi connectivity index (χ2v) is 4.15. The third kappa shape index (κ3) is 2.83. The smallest absolute Gasteiger partial charge is 0.0857 e. The zero-order chi connectivity index (χ0) is 11.2. The summed E-state index contributed by atoms with van der Waals surface area (Å²) in [7, 11) is 1.93. The molecular formula is C13H19N3. The van der Waals surface area contributed by atoms with E-state index in [1.165, 1.54) is 12.8 Å². The molecule has 0 aliphatic carbocycles. The number of rotatable bonds is 3. The van der Waals surface area contributed by atoms with Crippen molar-refractivity contribution in [2.24, 2.45) is 10.9 Å². The Hall–Kier alpha value is -1.35. The van der Waals surface area contributed by atoms with Crippen molar-refractivity contribution in [1.82, 2.24) is 5.32 Å². The Balaban J connectivity index is 2.04. The molecule has 1 aromatic rings. The highest BCUT2D eigenvalue weighted by atomic mass is 14.9. The Morgan fingerprint density at radius 3 is 3.06 bits per heavy atom. The van der Waals surface area contributed by atoms with Gasteiger partial charge in [-0.3, -0.25) is 4.99 Å². The van der Waals surface area contributed by atoms with Gasteiger partial charge in [-0.15, -0.1) is 0 Å². The van der Waals surface area contributed by atoms with Gasteiger partial charge in [0.1, 0.15) is 0 Å². The maximum absolute atomic E-state index is 4.57. The number of anilines is 1. The van der Waals surface area contributed by atoms with E-state index in [9.17, 15) is 0 Å². The van der Waals surface area contributed by atoms with Gasteiger partial charge in [0.05, 0.1) is 11.4 Å². The highest BCUT2D eigenvalue weighted by molar-refractivity contribution is 5.73. The van der Waals surface area contributed by atoms with Crippen LogP contribution in [0.2, 0.25) is 0 Å². The van der Waals surface area contributed by atoms with Crippen LogP contribution < -0.4 is 10.6 Å². The highest BCUT2D eigenvalue weighted by Gasteiger charge is 2.09. The quantitative estimate of drug-likeness (QED) is 0.763.